The molecular formula is C19H30N6O2S. The van der Waals surface area contributed by atoms with Crippen molar-refractivity contribution in [3.8, 4) is 5.69 Å². The Kier molecular flexibility index (Phi) is 8.46. The summed E-state index contributed by atoms with van der Waals surface area (Å²) in [6, 6.07) is 10.1. The predicted octanol–water partition coefficient (Wildman–Crippen LogP) is 1.25. The molecule has 0 aliphatic carbocycles. The lowest BCUT2D eigenvalue weighted by Crippen LogP contribution is -2.42. The predicted molar refractivity (Wildman–Crippen MR) is 113 cm³/mol. The summed E-state index contributed by atoms with van der Waals surface area (Å²) in [7, 11) is -1.56. The summed E-state index contributed by atoms with van der Waals surface area (Å²) in [4.78, 5) is 4.15. The van der Waals surface area contributed by atoms with Crippen LogP contribution in [0.2, 0.25) is 0 Å². The molecule has 8 nitrogen and oxygen atoms in total. The van der Waals surface area contributed by atoms with Crippen molar-refractivity contribution in [3.63, 3.8) is 0 Å². The highest BCUT2D eigenvalue weighted by Gasteiger charge is 2.18. The molecule has 0 spiro atoms. The number of nitrogens with one attached hydrogen (secondary N) is 2. The minimum absolute atomic E-state index is 0.0459. The van der Waals surface area contributed by atoms with Gasteiger partial charge in [-0.1, -0.05) is 26.0 Å². The van der Waals surface area contributed by atoms with Crippen LogP contribution in [0.5, 0.6) is 0 Å². The maximum atomic E-state index is 12.2. The molecule has 0 aliphatic rings. The molecule has 0 aliphatic heterocycles. The van der Waals surface area contributed by atoms with Crippen LogP contribution in [0.3, 0.4) is 0 Å². The third-order valence-corrected chi connectivity index (χ3v) is 6.41. The van der Waals surface area contributed by atoms with E-state index in [1.165, 1.54) is 9.87 Å². The van der Waals surface area contributed by atoms with E-state index in [1.54, 1.807) is 13.2 Å². The molecule has 0 bridgehead atoms. The van der Waals surface area contributed by atoms with Crippen molar-refractivity contribution in [1.82, 2.24) is 24.7 Å². The fourth-order valence-corrected chi connectivity index (χ4v) is 4.23. The fourth-order valence-electron chi connectivity index (χ4n) is 2.83. The van der Waals surface area contributed by atoms with Gasteiger partial charge in [0.15, 0.2) is 5.96 Å². The number of aromatic nitrogens is 2. The monoisotopic (exact) mass is 406 g/mol. The number of aliphatic imine (C=N–C) groups is 1. The van der Waals surface area contributed by atoms with Crippen molar-refractivity contribution in [2.75, 3.05) is 39.0 Å². The number of benzene rings is 1. The Morgan fingerprint density at radius 3 is 2.39 bits per heavy atom. The van der Waals surface area contributed by atoms with Gasteiger partial charge in [0.05, 0.1) is 11.4 Å². The van der Waals surface area contributed by atoms with Crippen LogP contribution >= 0.6 is 0 Å². The normalized spacial score (nSPS) is 12.4. The maximum absolute atomic E-state index is 12.2. The van der Waals surface area contributed by atoms with Gasteiger partial charge in [-0.2, -0.15) is 5.10 Å². The summed E-state index contributed by atoms with van der Waals surface area (Å²) < 4.78 is 27.7. The van der Waals surface area contributed by atoms with Gasteiger partial charge in [0, 0.05) is 45.6 Å². The molecule has 2 N–H and O–H groups in total. The molecule has 9 heteroatoms. The van der Waals surface area contributed by atoms with Crippen LogP contribution < -0.4 is 10.6 Å². The van der Waals surface area contributed by atoms with Crippen LogP contribution in [-0.4, -0.2) is 67.4 Å². The lowest BCUT2D eigenvalue weighted by molar-refractivity contribution is 0.445. The minimum Gasteiger partial charge on any atom is -0.356 e. The number of nitrogens with zero attached hydrogens (tertiary/aromatic N) is 4. The average Bonchev–Trinajstić information content (AvgIpc) is 3.22. The zero-order chi connectivity index (χ0) is 20.4. The maximum Gasteiger partial charge on any atom is 0.215 e. The standard InChI is InChI=1S/C19H30N6O2S/c1-4-24(5-2)28(26,27)16-14-22-19(20-3)21-13-11-17-7-9-18(10-8-17)25-15-6-12-23-25/h6-10,12,15H,4-5,11,13-14,16H2,1-3H3,(H2,20,21,22). The van der Waals surface area contributed by atoms with Crippen LogP contribution in [0, 0.1) is 0 Å². The molecule has 0 radical (unpaired) electrons. The van der Waals surface area contributed by atoms with E-state index in [0.717, 1.165) is 12.1 Å². The minimum atomic E-state index is -3.23. The van der Waals surface area contributed by atoms with Gasteiger partial charge in [0.1, 0.15) is 0 Å². The van der Waals surface area contributed by atoms with Crippen molar-refractivity contribution < 1.29 is 8.42 Å². The Morgan fingerprint density at radius 1 is 1.14 bits per heavy atom. The number of guanidine groups is 1. The summed E-state index contributed by atoms with van der Waals surface area (Å²) in [6.07, 6.45) is 4.49. The van der Waals surface area contributed by atoms with Crippen LogP contribution in [-0.2, 0) is 16.4 Å². The van der Waals surface area contributed by atoms with Gasteiger partial charge in [-0.15, -0.1) is 0 Å². The lowest BCUT2D eigenvalue weighted by atomic mass is 10.1. The van der Waals surface area contributed by atoms with Crippen molar-refractivity contribution in [2.24, 2.45) is 4.99 Å². The largest absolute Gasteiger partial charge is 0.356 e. The smallest absolute Gasteiger partial charge is 0.215 e. The summed E-state index contributed by atoms with van der Waals surface area (Å²) in [5, 5.41) is 10.5. The van der Waals surface area contributed by atoms with Gasteiger partial charge in [-0.25, -0.2) is 17.4 Å². The third kappa shape index (κ3) is 6.35. The number of hydrogen-bond donors (Lipinski definition) is 2. The molecule has 2 aromatic rings. The molecule has 0 unspecified atom stereocenters. The first-order valence-electron chi connectivity index (χ1n) is 9.51. The molecule has 0 amide bonds. The average molecular weight is 407 g/mol. The Labute approximate surface area is 167 Å². The summed E-state index contributed by atoms with van der Waals surface area (Å²) in [6.45, 7) is 5.68. The van der Waals surface area contributed by atoms with E-state index in [9.17, 15) is 8.42 Å². The van der Waals surface area contributed by atoms with E-state index in [1.807, 2.05) is 42.9 Å². The Hall–Kier alpha value is -2.39. The molecule has 0 atom stereocenters. The fraction of sp³-hybridized carbons (Fsp3) is 0.474. The first-order valence-corrected chi connectivity index (χ1v) is 11.1. The number of rotatable bonds is 10. The summed E-state index contributed by atoms with van der Waals surface area (Å²) in [5.74, 6) is 0.646. The molecule has 0 saturated carbocycles. The van der Waals surface area contributed by atoms with Gasteiger partial charge in [-0.3, -0.25) is 4.99 Å². The molecule has 0 fully saturated rings. The summed E-state index contributed by atoms with van der Waals surface area (Å²) >= 11 is 0. The Morgan fingerprint density at radius 2 is 1.82 bits per heavy atom. The second-order valence-corrected chi connectivity index (χ2v) is 8.28. The van der Waals surface area contributed by atoms with E-state index in [4.69, 9.17) is 0 Å². The van der Waals surface area contributed by atoms with Crippen LogP contribution in [0.15, 0.2) is 47.7 Å². The SMILES string of the molecule is CCN(CC)S(=O)(=O)CCNC(=NC)NCCc1ccc(-n2cccn2)cc1. The van der Waals surface area contributed by atoms with Gasteiger partial charge in [0.25, 0.3) is 0 Å². The molecule has 1 aromatic heterocycles. The first kappa shape index (κ1) is 21.9. The highest BCUT2D eigenvalue weighted by molar-refractivity contribution is 7.89. The third-order valence-electron chi connectivity index (χ3n) is 4.39. The highest BCUT2D eigenvalue weighted by atomic mass is 32.2. The van der Waals surface area contributed by atoms with Crippen molar-refractivity contribution in [3.05, 3.63) is 48.3 Å². The highest BCUT2D eigenvalue weighted by Crippen LogP contribution is 2.08. The quantitative estimate of drug-likeness (QED) is 0.458. The Balaban J connectivity index is 1.75. The van der Waals surface area contributed by atoms with Crippen molar-refractivity contribution >= 4 is 16.0 Å². The van der Waals surface area contributed by atoms with E-state index in [-0.39, 0.29) is 5.75 Å². The lowest BCUT2D eigenvalue weighted by Gasteiger charge is -2.19. The molecule has 1 aromatic carbocycles. The van der Waals surface area contributed by atoms with E-state index in [0.29, 0.717) is 32.1 Å². The molecule has 1 heterocycles. The molecular weight excluding hydrogens is 376 g/mol. The summed E-state index contributed by atoms with van der Waals surface area (Å²) in [5.41, 5.74) is 2.22. The van der Waals surface area contributed by atoms with E-state index >= 15 is 0 Å². The topological polar surface area (TPSA) is 91.6 Å². The van der Waals surface area contributed by atoms with Crippen LogP contribution in [0.4, 0.5) is 0 Å². The second-order valence-electron chi connectivity index (χ2n) is 6.19. The van der Waals surface area contributed by atoms with Gasteiger partial charge >= 0.3 is 0 Å². The molecule has 2 rings (SSSR count). The van der Waals surface area contributed by atoms with E-state index < -0.39 is 10.0 Å². The zero-order valence-electron chi connectivity index (χ0n) is 16.8. The van der Waals surface area contributed by atoms with Crippen molar-refractivity contribution in [2.45, 2.75) is 20.3 Å². The van der Waals surface area contributed by atoms with Crippen LogP contribution in [0.1, 0.15) is 19.4 Å². The van der Waals surface area contributed by atoms with Gasteiger partial charge in [0.2, 0.25) is 10.0 Å². The second kappa shape index (κ2) is 10.8. The zero-order valence-corrected chi connectivity index (χ0v) is 17.6. The molecule has 154 valence electrons. The number of hydrogen-bond acceptors (Lipinski definition) is 4. The first-order chi connectivity index (χ1) is 13.5. The van der Waals surface area contributed by atoms with Gasteiger partial charge < -0.3 is 10.6 Å². The van der Waals surface area contributed by atoms with Crippen LogP contribution in [0.25, 0.3) is 5.69 Å². The molecule has 28 heavy (non-hydrogen) atoms. The van der Waals surface area contributed by atoms with Gasteiger partial charge in [-0.05, 0) is 30.2 Å². The Bertz CT molecular complexity index is 828. The number of sulfonamides is 1. The van der Waals surface area contributed by atoms with E-state index in [2.05, 4.69) is 32.9 Å². The van der Waals surface area contributed by atoms with Crippen molar-refractivity contribution in [1.29, 1.82) is 0 Å². The molecule has 0 saturated heterocycles.